The van der Waals surface area contributed by atoms with E-state index >= 15 is 0 Å². The van der Waals surface area contributed by atoms with Crippen LogP contribution in [0.4, 0.5) is 10.5 Å². The molecule has 10 heteroatoms. The highest BCUT2D eigenvalue weighted by Crippen LogP contribution is 2.20. The number of carbonyl (C=O) groups is 2. The largest absolute Gasteiger partial charge is 0.497 e. The third-order valence-corrected chi connectivity index (χ3v) is 6.43. The van der Waals surface area contributed by atoms with E-state index in [-0.39, 0.29) is 22.9 Å². The lowest BCUT2D eigenvalue weighted by atomic mass is 10.0. The molecule has 1 aliphatic rings. The van der Waals surface area contributed by atoms with E-state index in [1.54, 1.807) is 29.2 Å². The van der Waals surface area contributed by atoms with Gasteiger partial charge in [0.05, 0.1) is 19.1 Å². The molecule has 9 nitrogen and oxygen atoms in total. The minimum Gasteiger partial charge on any atom is -0.497 e. The van der Waals surface area contributed by atoms with Gasteiger partial charge in [-0.3, -0.25) is 9.52 Å². The Morgan fingerprint density at radius 3 is 2.13 bits per heavy atom. The van der Waals surface area contributed by atoms with Crippen LogP contribution in [0, 0.1) is 0 Å². The maximum Gasteiger partial charge on any atom is 0.409 e. The van der Waals surface area contributed by atoms with Crippen LogP contribution in [0.3, 0.4) is 0 Å². The number of piperidine rings is 1. The van der Waals surface area contributed by atoms with E-state index < -0.39 is 10.0 Å². The Bertz CT molecular complexity index is 1010. The molecule has 2 amide bonds. The highest BCUT2D eigenvalue weighted by Gasteiger charge is 2.24. The molecule has 0 radical (unpaired) electrons. The number of amides is 2. The highest BCUT2D eigenvalue weighted by molar-refractivity contribution is 7.92. The number of rotatable bonds is 6. The zero-order chi connectivity index (χ0) is 22.4. The number of nitrogens with zero attached hydrogens (tertiary/aromatic N) is 1. The van der Waals surface area contributed by atoms with Gasteiger partial charge in [0.1, 0.15) is 5.75 Å². The zero-order valence-electron chi connectivity index (χ0n) is 17.3. The Morgan fingerprint density at radius 1 is 0.968 bits per heavy atom. The molecule has 0 aromatic heterocycles. The number of benzene rings is 2. The van der Waals surface area contributed by atoms with Crippen molar-refractivity contribution in [2.75, 3.05) is 32.0 Å². The first-order valence-electron chi connectivity index (χ1n) is 9.73. The standard InChI is InChI=1S/C21H25N3O6S/c1-29-18-7-5-17(6-8-18)23-31(27,28)19-9-3-15(4-10-19)20(25)22-16-11-13-24(14-12-16)21(26)30-2/h3-10,16,23H,11-14H2,1-2H3,(H,22,25). The summed E-state index contributed by atoms with van der Waals surface area (Å²) in [6.45, 7) is 1.01. The van der Waals surface area contributed by atoms with Crippen molar-refractivity contribution in [3.8, 4) is 5.75 Å². The molecule has 2 N–H and O–H groups in total. The molecule has 1 aliphatic heterocycles. The minimum absolute atomic E-state index is 0.0475. The second-order valence-electron chi connectivity index (χ2n) is 7.06. The van der Waals surface area contributed by atoms with Crippen LogP contribution in [0.1, 0.15) is 23.2 Å². The van der Waals surface area contributed by atoms with Crippen LogP contribution < -0.4 is 14.8 Å². The second kappa shape index (κ2) is 9.69. The highest BCUT2D eigenvalue weighted by atomic mass is 32.2. The molecule has 0 saturated carbocycles. The molecule has 0 bridgehead atoms. The predicted octanol–water partition coefficient (Wildman–Crippen LogP) is 2.46. The van der Waals surface area contributed by atoms with Gasteiger partial charge in [0.25, 0.3) is 15.9 Å². The van der Waals surface area contributed by atoms with E-state index in [0.29, 0.717) is 42.9 Å². The number of anilines is 1. The summed E-state index contributed by atoms with van der Waals surface area (Å²) in [6.07, 6.45) is 0.878. The zero-order valence-corrected chi connectivity index (χ0v) is 18.1. The van der Waals surface area contributed by atoms with Crippen molar-refractivity contribution in [3.05, 3.63) is 54.1 Å². The first-order valence-corrected chi connectivity index (χ1v) is 11.2. The fraction of sp³-hybridized carbons (Fsp3) is 0.333. The van der Waals surface area contributed by atoms with Gasteiger partial charge in [0.2, 0.25) is 0 Å². The maximum absolute atomic E-state index is 12.6. The van der Waals surface area contributed by atoms with E-state index in [9.17, 15) is 18.0 Å². The Hall–Kier alpha value is -3.27. The number of hydrogen-bond acceptors (Lipinski definition) is 6. The molecule has 1 fully saturated rings. The summed E-state index contributed by atoms with van der Waals surface area (Å²) in [6, 6.07) is 12.2. The van der Waals surface area contributed by atoms with E-state index in [1.807, 2.05) is 0 Å². The van der Waals surface area contributed by atoms with Gasteiger partial charge in [0, 0.05) is 30.4 Å². The van der Waals surface area contributed by atoms with Crippen LogP contribution in [0.25, 0.3) is 0 Å². The van der Waals surface area contributed by atoms with Crippen LogP contribution in [-0.2, 0) is 14.8 Å². The van der Waals surface area contributed by atoms with Crippen molar-refractivity contribution in [1.82, 2.24) is 10.2 Å². The van der Waals surface area contributed by atoms with Crippen molar-refractivity contribution >= 4 is 27.7 Å². The smallest absolute Gasteiger partial charge is 0.409 e. The minimum atomic E-state index is -3.79. The molecule has 1 heterocycles. The van der Waals surface area contributed by atoms with Gasteiger partial charge in [-0.05, 0) is 61.4 Å². The Morgan fingerprint density at radius 2 is 1.58 bits per heavy atom. The van der Waals surface area contributed by atoms with Crippen LogP contribution >= 0.6 is 0 Å². The summed E-state index contributed by atoms with van der Waals surface area (Å²) in [5, 5.41) is 2.93. The molecular formula is C21H25N3O6S. The average molecular weight is 448 g/mol. The predicted molar refractivity (Wildman–Crippen MR) is 115 cm³/mol. The van der Waals surface area contributed by atoms with Crippen molar-refractivity contribution in [2.45, 2.75) is 23.8 Å². The lowest BCUT2D eigenvalue weighted by Crippen LogP contribution is -2.46. The third-order valence-electron chi connectivity index (χ3n) is 5.03. The van der Waals surface area contributed by atoms with Crippen LogP contribution in [0.15, 0.2) is 53.4 Å². The fourth-order valence-electron chi connectivity index (χ4n) is 3.26. The summed E-state index contributed by atoms with van der Waals surface area (Å²) in [4.78, 5) is 25.7. The first-order chi connectivity index (χ1) is 14.8. The Kier molecular flexibility index (Phi) is 7.01. The van der Waals surface area contributed by atoms with Crippen molar-refractivity contribution < 1.29 is 27.5 Å². The number of likely N-dealkylation sites (tertiary alicyclic amines) is 1. The molecule has 1 saturated heterocycles. The lowest BCUT2D eigenvalue weighted by Gasteiger charge is -2.31. The summed E-state index contributed by atoms with van der Waals surface area (Å²) in [5.41, 5.74) is 0.764. The molecule has 2 aromatic carbocycles. The normalized spacial score (nSPS) is 14.6. The number of sulfonamides is 1. The van der Waals surface area contributed by atoms with E-state index in [2.05, 4.69) is 10.0 Å². The van der Waals surface area contributed by atoms with Gasteiger partial charge in [-0.25, -0.2) is 13.2 Å². The number of ether oxygens (including phenoxy) is 2. The summed E-state index contributed by atoms with van der Waals surface area (Å²) >= 11 is 0. The van der Waals surface area contributed by atoms with Gasteiger partial charge in [-0.1, -0.05) is 0 Å². The van der Waals surface area contributed by atoms with Crippen molar-refractivity contribution in [3.63, 3.8) is 0 Å². The fourth-order valence-corrected chi connectivity index (χ4v) is 4.32. The summed E-state index contributed by atoms with van der Waals surface area (Å²) < 4.78 is 37.4. The molecule has 0 atom stereocenters. The molecule has 2 aromatic rings. The van der Waals surface area contributed by atoms with Gasteiger partial charge in [0.15, 0.2) is 0 Å². The first kappa shape index (κ1) is 22.4. The molecule has 166 valence electrons. The quantitative estimate of drug-likeness (QED) is 0.703. The van der Waals surface area contributed by atoms with Gasteiger partial charge >= 0.3 is 6.09 Å². The Labute approximate surface area is 181 Å². The van der Waals surface area contributed by atoms with E-state index in [0.717, 1.165) is 0 Å². The van der Waals surface area contributed by atoms with Crippen molar-refractivity contribution in [1.29, 1.82) is 0 Å². The van der Waals surface area contributed by atoms with Crippen LogP contribution in [0.2, 0.25) is 0 Å². The van der Waals surface area contributed by atoms with E-state index in [4.69, 9.17) is 9.47 Å². The van der Waals surface area contributed by atoms with Crippen LogP contribution in [-0.4, -0.2) is 58.7 Å². The number of carbonyl (C=O) groups excluding carboxylic acids is 2. The third kappa shape index (κ3) is 5.66. The molecular weight excluding hydrogens is 422 g/mol. The molecule has 0 spiro atoms. The molecule has 0 aliphatic carbocycles. The number of methoxy groups -OCH3 is 2. The SMILES string of the molecule is COC(=O)N1CCC(NC(=O)c2ccc(S(=O)(=O)Nc3ccc(OC)cc3)cc2)CC1. The number of hydrogen-bond donors (Lipinski definition) is 2. The van der Waals surface area contributed by atoms with E-state index in [1.165, 1.54) is 38.5 Å². The van der Waals surface area contributed by atoms with Gasteiger partial charge in [-0.15, -0.1) is 0 Å². The molecule has 3 rings (SSSR count). The maximum atomic E-state index is 12.6. The lowest BCUT2D eigenvalue weighted by molar-refractivity contribution is 0.0892. The average Bonchev–Trinajstić information content (AvgIpc) is 2.79. The van der Waals surface area contributed by atoms with Gasteiger partial charge < -0.3 is 19.7 Å². The number of nitrogens with one attached hydrogen (secondary N) is 2. The summed E-state index contributed by atoms with van der Waals surface area (Å²) in [7, 11) is -0.921. The van der Waals surface area contributed by atoms with Crippen LogP contribution in [0.5, 0.6) is 5.75 Å². The monoisotopic (exact) mass is 447 g/mol. The topological polar surface area (TPSA) is 114 Å². The van der Waals surface area contributed by atoms with Crippen molar-refractivity contribution in [2.24, 2.45) is 0 Å². The molecule has 31 heavy (non-hydrogen) atoms. The Balaban J connectivity index is 1.58. The summed E-state index contributed by atoms with van der Waals surface area (Å²) in [5.74, 6) is 0.331. The second-order valence-corrected chi connectivity index (χ2v) is 8.75. The molecule has 0 unspecified atom stereocenters. The van der Waals surface area contributed by atoms with Gasteiger partial charge in [-0.2, -0.15) is 0 Å².